The monoisotopic (exact) mass is 328 g/mol. The van der Waals surface area contributed by atoms with E-state index in [2.05, 4.69) is 17.2 Å². The molecule has 0 bridgehead atoms. The number of rotatable bonds is 8. The van der Waals surface area contributed by atoms with E-state index in [0.29, 0.717) is 31.7 Å². The largest absolute Gasteiger partial charge is 0.480 e. The number of guanidine groups is 1. The second-order valence-corrected chi connectivity index (χ2v) is 7.07. The van der Waals surface area contributed by atoms with Gasteiger partial charge in [-0.15, -0.1) is 0 Å². The molecule has 7 nitrogen and oxygen atoms in total. The highest BCUT2D eigenvalue weighted by atomic mass is 16.4. The van der Waals surface area contributed by atoms with Gasteiger partial charge in [-0.2, -0.15) is 0 Å². The number of nitrogens with two attached hydrogens (primary N) is 2. The molecule has 23 heavy (non-hydrogen) atoms. The second kappa shape index (κ2) is 8.49. The molecule has 0 radical (unpaired) electrons. The lowest BCUT2D eigenvalue weighted by atomic mass is 9.68. The summed E-state index contributed by atoms with van der Waals surface area (Å²) in [4.78, 5) is 15.5. The highest BCUT2D eigenvalue weighted by molar-refractivity contribution is 5.75. The summed E-state index contributed by atoms with van der Waals surface area (Å²) < 4.78 is 0. The molecule has 4 atom stereocenters. The van der Waals surface area contributed by atoms with Crippen LogP contribution in [0.5, 0.6) is 0 Å². The molecule has 0 heterocycles. The number of hydrogen-bond donors (Lipinski definition) is 5. The van der Waals surface area contributed by atoms with Crippen LogP contribution in [0.25, 0.3) is 0 Å². The quantitative estimate of drug-likeness (QED) is 0.252. The summed E-state index contributed by atoms with van der Waals surface area (Å²) in [5, 5.41) is 23.4. The van der Waals surface area contributed by atoms with Gasteiger partial charge in [0.05, 0.1) is 6.10 Å². The normalized spacial score (nSPS) is 29.3. The van der Waals surface area contributed by atoms with Crippen LogP contribution in [-0.4, -0.2) is 46.4 Å². The fourth-order valence-corrected chi connectivity index (χ4v) is 3.45. The van der Waals surface area contributed by atoms with Crippen molar-refractivity contribution in [2.24, 2.45) is 28.3 Å². The maximum Gasteiger partial charge on any atom is 0.320 e. The van der Waals surface area contributed by atoms with Crippen LogP contribution in [0, 0.1) is 11.8 Å². The summed E-state index contributed by atoms with van der Waals surface area (Å²) in [6.45, 7) is 6.59. The molecule has 1 saturated carbocycles. The van der Waals surface area contributed by atoms with Gasteiger partial charge in [-0.05, 0) is 43.9 Å². The zero-order valence-corrected chi connectivity index (χ0v) is 14.5. The van der Waals surface area contributed by atoms with Crippen molar-refractivity contribution in [1.82, 2.24) is 5.32 Å². The van der Waals surface area contributed by atoms with Gasteiger partial charge < -0.3 is 21.7 Å². The predicted octanol–water partition coefficient (Wildman–Crippen LogP) is 0.659. The van der Waals surface area contributed by atoms with Crippen molar-refractivity contribution in [3.8, 4) is 0 Å². The summed E-state index contributed by atoms with van der Waals surface area (Å²) in [6.07, 6.45) is 2.93. The standard InChI is InChI=1S/C16H32N4O3/c1-10(2)16(7-6-11(3)9-13(16)21)20-12(14(22)23)5-4-8-19-15(17)18/h10-13,20-21H,4-9H2,1-3H3,(H,22,23)(H4,17,18,19)/t11?,12-,13?,16?/m0/s1. The number of hydrogen-bond acceptors (Lipinski definition) is 4. The molecule has 1 aliphatic carbocycles. The van der Waals surface area contributed by atoms with E-state index in [4.69, 9.17) is 11.5 Å². The average molecular weight is 328 g/mol. The van der Waals surface area contributed by atoms with Crippen molar-refractivity contribution in [1.29, 1.82) is 0 Å². The molecule has 7 heteroatoms. The maximum atomic E-state index is 11.6. The van der Waals surface area contributed by atoms with Gasteiger partial charge in [0.15, 0.2) is 5.96 Å². The Kier molecular flexibility index (Phi) is 7.28. The molecule has 1 fully saturated rings. The van der Waals surface area contributed by atoms with E-state index in [0.717, 1.165) is 12.8 Å². The number of aliphatic imine (C=N–C) groups is 1. The Balaban J connectivity index is 2.78. The van der Waals surface area contributed by atoms with Gasteiger partial charge in [0.1, 0.15) is 6.04 Å². The number of carboxylic acid groups (broad SMARTS) is 1. The minimum atomic E-state index is -0.902. The highest BCUT2D eigenvalue weighted by Gasteiger charge is 2.46. The maximum absolute atomic E-state index is 11.6. The molecule has 0 amide bonds. The first-order chi connectivity index (χ1) is 10.7. The molecule has 3 unspecified atom stereocenters. The number of aliphatic hydroxyl groups excluding tert-OH is 1. The fraction of sp³-hybridized carbons (Fsp3) is 0.875. The third-order valence-corrected chi connectivity index (χ3v) is 4.99. The molecule has 0 aliphatic heterocycles. The van der Waals surface area contributed by atoms with Gasteiger partial charge in [-0.1, -0.05) is 20.8 Å². The van der Waals surface area contributed by atoms with Crippen LogP contribution in [0.3, 0.4) is 0 Å². The molecule has 0 saturated heterocycles. The van der Waals surface area contributed by atoms with Crippen molar-refractivity contribution in [3.05, 3.63) is 0 Å². The minimum Gasteiger partial charge on any atom is -0.480 e. The van der Waals surface area contributed by atoms with E-state index in [1.165, 1.54) is 0 Å². The molecule has 134 valence electrons. The van der Waals surface area contributed by atoms with Gasteiger partial charge in [-0.25, -0.2) is 0 Å². The lowest BCUT2D eigenvalue weighted by molar-refractivity contribution is -0.141. The number of aliphatic carboxylic acids is 1. The summed E-state index contributed by atoms with van der Waals surface area (Å²) in [5.41, 5.74) is 10.00. The van der Waals surface area contributed by atoms with E-state index < -0.39 is 23.7 Å². The number of carbonyl (C=O) groups is 1. The SMILES string of the molecule is CC1CCC(N[C@@H](CCCN=C(N)N)C(=O)O)(C(C)C)C(O)C1. The van der Waals surface area contributed by atoms with Crippen molar-refractivity contribution in [3.63, 3.8) is 0 Å². The molecule has 0 aromatic carbocycles. The Labute approximate surface area is 138 Å². The number of nitrogens with one attached hydrogen (secondary N) is 1. The molecule has 1 aliphatic rings. The molecular formula is C16H32N4O3. The van der Waals surface area contributed by atoms with Gasteiger partial charge in [0.2, 0.25) is 0 Å². The average Bonchev–Trinajstić information content (AvgIpc) is 2.43. The van der Waals surface area contributed by atoms with Crippen molar-refractivity contribution >= 4 is 11.9 Å². The van der Waals surface area contributed by atoms with Crippen LogP contribution in [0.1, 0.15) is 52.9 Å². The summed E-state index contributed by atoms with van der Waals surface area (Å²) in [7, 11) is 0. The first kappa shape index (κ1) is 19.7. The van der Waals surface area contributed by atoms with E-state index in [1.54, 1.807) is 0 Å². The first-order valence-corrected chi connectivity index (χ1v) is 8.43. The lowest BCUT2D eigenvalue weighted by Gasteiger charge is -2.48. The summed E-state index contributed by atoms with van der Waals surface area (Å²) >= 11 is 0. The van der Waals surface area contributed by atoms with Crippen LogP contribution in [0.15, 0.2) is 4.99 Å². The van der Waals surface area contributed by atoms with E-state index >= 15 is 0 Å². The third kappa shape index (κ3) is 5.35. The Morgan fingerprint density at radius 3 is 2.57 bits per heavy atom. The van der Waals surface area contributed by atoms with Crippen LogP contribution in [0.2, 0.25) is 0 Å². The topological polar surface area (TPSA) is 134 Å². The van der Waals surface area contributed by atoms with Crippen molar-refractivity contribution in [2.75, 3.05) is 6.54 Å². The van der Waals surface area contributed by atoms with Crippen LogP contribution in [0.4, 0.5) is 0 Å². The number of nitrogens with zero attached hydrogens (tertiary/aromatic N) is 1. The Bertz CT molecular complexity index is 424. The Hall–Kier alpha value is -1.34. The van der Waals surface area contributed by atoms with E-state index in [-0.39, 0.29) is 11.9 Å². The Morgan fingerprint density at radius 1 is 1.43 bits per heavy atom. The third-order valence-electron chi connectivity index (χ3n) is 4.99. The van der Waals surface area contributed by atoms with Crippen molar-refractivity contribution in [2.45, 2.75) is 70.6 Å². The molecule has 0 aromatic heterocycles. The molecule has 7 N–H and O–H groups in total. The summed E-state index contributed by atoms with van der Waals surface area (Å²) in [5.74, 6) is -0.283. The van der Waals surface area contributed by atoms with Gasteiger partial charge in [0, 0.05) is 12.1 Å². The number of aliphatic hydroxyl groups is 1. The first-order valence-electron chi connectivity index (χ1n) is 8.43. The molecular weight excluding hydrogens is 296 g/mol. The Morgan fingerprint density at radius 2 is 2.09 bits per heavy atom. The second-order valence-electron chi connectivity index (χ2n) is 7.07. The number of carboxylic acids is 1. The molecule has 1 rings (SSSR count). The predicted molar refractivity (Wildman–Crippen MR) is 91.1 cm³/mol. The molecule has 0 aromatic rings. The van der Waals surface area contributed by atoms with Crippen molar-refractivity contribution < 1.29 is 15.0 Å². The fourth-order valence-electron chi connectivity index (χ4n) is 3.45. The summed E-state index contributed by atoms with van der Waals surface area (Å²) in [6, 6.07) is -0.713. The smallest absolute Gasteiger partial charge is 0.320 e. The zero-order chi connectivity index (χ0) is 17.6. The lowest BCUT2D eigenvalue weighted by Crippen LogP contribution is -2.64. The van der Waals surface area contributed by atoms with Gasteiger partial charge in [-0.3, -0.25) is 15.1 Å². The van der Waals surface area contributed by atoms with E-state index in [1.807, 2.05) is 13.8 Å². The highest BCUT2D eigenvalue weighted by Crippen LogP contribution is 2.38. The zero-order valence-electron chi connectivity index (χ0n) is 14.5. The van der Waals surface area contributed by atoms with E-state index in [9.17, 15) is 15.0 Å². The van der Waals surface area contributed by atoms with Crippen LogP contribution in [-0.2, 0) is 4.79 Å². The van der Waals surface area contributed by atoms with Crippen LogP contribution >= 0.6 is 0 Å². The van der Waals surface area contributed by atoms with Crippen LogP contribution < -0.4 is 16.8 Å². The van der Waals surface area contributed by atoms with Gasteiger partial charge in [0.25, 0.3) is 0 Å². The minimum absolute atomic E-state index is 0.0141. The molecule has 0 spiro atoms. The van der Waals surface area contributed by atoms with Gasteiger partial charge >= 0.3 is 5.97 Å².